The van der Waals surface area contributed by atoms with Crippen LogP contribution in [0.5, 0.6) is 5.75 Å². The van der Waals surface area contributed by atoms with Gasteiger partial charge in [-0.1, -0.05) is 11.6 Å². The minimum absolute atomic E-state index is 0.673. The molecule has 1 aromatic carbocycles. The number of ether oxygens (including phenoxy) is 1. The van der Waals surface area contributed by atoms with Crippen LogP contribution in [0.2, 0.25) is 5.02 Å². The molecular formula is C12H12BrClN2O. The fourth-order valence-corrected chi connectivity index (χ4v) is 2.51. The van der Waals surface area contributed by atoms with E-state index in [4.69, 9.17) is 16.3 Å². The third-order valence-corrected chi connectivity index (χ3v) is 3.75. The molecule has 90 valence electrons. The summed E-state index contributed by atoms with van der Waals surface area (Å²) in [5, 5.41) is 5.04. The van der Waals surface area contributed by atoms with Crippen LogP contribution in [-0.2, 0) is 7.05 Å². The van der Waals surface area contributed by atoms with Gasteiger partial charge in [0, 0.05) is 17.6 Å². The van der Waals surface area contributed by atoms with Gasteiger partial charge in [-0.05, 0) is 41.1 Å². The number of methoxy groups -OCH3 is 1. The van der Waals surface area contributed by atoms with E-state index in [-0.39, 0.29) is 0 Å². The molecule has 0 atom stereocenters. The van der Waals surface area contributed by atoms with Crippen molar-refractivity contribution in [2.45, 2.75) is 6.92 Å². The molecule has 0 unspecified atom stereocenters. The SMILES string of the molecule is COc1ccc(Cl)cc1-c1c(Br)c(C)nn1C. The first kappa shape index (κ1) is 12.5. The highest BCUT2D eigenvalue weighted by molar-refractivity contribution is 9.10. The van der Waals surface area contributed by atoms with Gasteiger partial charge in [0.2, 0.25) is 0 Å². The Morgan fingerprint density at radius 2 is 2.12 bits per heavy atom. The van der Waals surface area contributed by atoms with Crippen LogP contribution < -0.4 is 4.74 Å². The number of benzene rings is 1. The molecule has 1 aromatic heterocycles. The second-order valence-electron chi connectivity index (χ2n) is 3.72. The van der Waals surface area contributed by atoms with Gasteiger partial charge < -0.3 is 4.74 Å². The van der Waals surface area contributed by atoms with Gasteiger partial charge in [-0.15, -0.1) is 0 Å². The Morgan fingerprint density at radius 1 is 1.41 bits per heavy atom. The van der Waals surface area contributed by atoms with Crippen molar-refractivity contribution in [3.05, 3.63) is 33.4 Å². The Kier molecular flexibility index (Phi) is 3.45. The van der Waals surface area contributed by atoms with Crippen molar-refractivity contribution in [1.82, 2.24) is 9.78 Å². The molecule has 0 N–H and O–H groups in total. The summed E-state index contributed by atoms with van der Waals surface area (Å²) in [6.07, 6.45) is 0. The largest absolute Gasteiger partial charge is 0.496 e. The molecule has 3 nitrogen and oxygen atoms in total. The molecule has 0 aliphatic rings. The molecule has 1 heterocycles. The molecule has 2 aromatic rings. The van der Waals surface area contributed by atoms with Crippen molar-refractivity contribution in [3.8, 4) is 17.0 Å². The highest BCUT2D eigenvalue weighted by Crippen LogP contribution is 2.37. The number of halogens is 2. The van der Waals surface area contributed by atoms with Crippen molar-refractivity contribution in [2.24, 2.45) is 7.05 Å². The summed E-state index contributed by atoms with van der Waals surface area (Å²) in [6, 6.07) is 5.54. The zero-order valence-corrected chi connectivity index (χ0v) is 12.1. The van der Waals surface area contributed by atoms with Gasteiger partial charge in [0.05, 0.1) is 23.0 Å². The summed E-state index contributed by atoms with van der Waals surface area (Å²) in [6.45, 7) is 1.95. The molecule has 0 radical (unpaired) electrons. The van der Waals surface area contributed by atoms with Gasteiger partial charge in [-0.2, -0.15) is 5.10 Å². The molecule has 17 heavy (non-hydrogen) atoms. The molecule has 5 heteroatoms. The molecule has 0 amide bonds. The van der Waals surface area contributed by atoms with E-state index in [1.54, 1.807) is 13.2 Å². The zero-order valence-electron chi connectivity index (χ0n) is 9.79. The van der Waals surface area contributed by atoms with Crippen molar-refractivity contribution in [1.29, 1.82) is 0 Å². The van der Waals surface area contributed by atoms with Crippen molar-refractivity contribution in [3.63, 3.8) is 0 Å². The minimum atomic E-state index is 0.673. The first-order valence-corrected chi connectivity index (χ1v) is 6.24. The van der Waals surface area contributed by atoms with E-state index in [2.05, 4.69) is 21.0 Å². The van der Waals surface area contributed by atoms with E-state index in [9.17, 15) is 0 Å². The summed E-state index contributed by atoms with van der Waals surface area (Å²) in [4.78, 5) is 0. The number of rotatable bonds is 2. The van der Waals surface area contributed by atoms with E-state index >= 15 is 0 Å². The van der Waals surface area contributed by atoms with Crippen LogP contribution in [0.15, 0.2) is 22.7 Å². The van der Waals surface area contributed by atoms with E-state index in [0.29, 0.717) is 5.02 Å². The van der Waals surface area contributed by atoms with Crippen LogP contribution in [-0.4, -0.2) is 16.9 Å². The Morgan fingerprint density at radius 3 is 2.65 bits per heavy atom. The lowest BCUT2D eigenvalue weighted by Crippen LogP contribution is -1.96. The smallest absolute Gasteiger partial charge is 0.128 e. The third kappa shape index (κ3) is 2.19. The fraction of sp³-hybridized carbons (Fsp3) is 0.250. The Hall–Kier alpha value is -1.00. The van der Waals surface area contributed by atoms with Crippen LogP contribution in [0.1, 0.15) is 5.69 Å². The number of nitrogens with zero attached hydrogens (tertiary/aromatic N) is 2. The van der Waals surface area contributed by atoms with Gasteiger partial charge >= 0.3 is 0 Å². The first-order valence-electron chi connectivity index (χ1n) is 5.07. The van der Waals surface area contributed by atoms with Crippen molar-refractivity contribution in [2.75, 3.05) is 7.11 Å². The maximum Gasteiger partial charge on any atom is 0.128 e. The summed E-state index contributed by atoms with van der Waals surface area (Å²) in [5.41, 5.74) is 2.82. The molecular weight excluding hydrogens is 304 g/mol. The molecule has 2 rings (SSSR count). The lowest BCUT2D eigenvalue weighted by atomic mass is 10.1. The van der Waals surface area contributed by atoms with Crippen molar-refractivity contribution < 1.29 is 4.74 Å². The average Bonchev–Trinajstić information content (AvgIpc) is 2.53. The van der Waals surface area contributed by atoms with Gasteiger partial charge in [0.15, 0.2) is 0 Å². The second kappa shape index (κ2) is 4.70. The lowest BCUT2D eigenvalue weighted by Gasteiger charge is -2.09. The van der Waals surface area contributed by atoms with Gasteiger partial charge in [-0.3, -0.25) is 4.68 Å². The summed E-state index contributed by atoms with van der Waals surface area (Å²) in [5.74, 6) is 0.776. The van der Waals surface area contributed by atoms with Gasteiger partial charge in [0.1, 0.15) is 5.75 Å². The number of hydrogen-bond donors (Lipinski definition) is 0. The normalized spacial score (nSPS) is 10.6. The number of aromatic nitrogens is 2. The zero-order chi connectivity index (χ0) is 12.6. The molecule has 0 aliphatic heterocycles. The maximum atomic E-state index is 6.03. The maximum absolute atomic E-state index is 6.03. The quantitative estimate of drug-likeness (QED) is 0.842. The van der Waals surface area contributed by atoms with Crippen LogP contribution in [0.3, 0.4) is 0 Å². The predicted molar refractivity (Wildman–Crippen MR) is 72.6 cm³/mol. The minimum Gasteiger partial charge on any atom is -0.496 e. The average molecular weight is 316 g/mol. The summed E-state index contributed by atoms with van der Waals surface area (Å²) in [7, 11) is 3.54. The van der Waals surface area contributed by atoms with E-state index in [1.807, 2.05) is 30.8 Å². The number of hydrogen-bond acceptors (Lipinski definition) is 2. The van der Waals surface area contributed by atoms with Gasteiger partial charge in [-0.25, -0.2) is 0 Å². The number of aryl methyl sites for hydroxylation is 2. The highest BCUT2D eigenvalue weighted by atomic mass is 79.9. The molecule has 0 saturated carbocycles. The molecule has 0 spiro atoms. The van der Waals surface area contributed by atoms with Crippen LogP contribution in [0.4, 0.5) is 0 Å². The fourth-order valence-electron chi connectivity index (χ4n) is 1.79. The molecule has 0 bridgehead atoms. The lowest BCUT2D eigenvalue weighted by molar-refractivity contribution is 0.416. The Labute approximate surface area is 113 Å². The first-order chi connectivity index (χ1) is 8.04. The molecule has 0 fully saturated rings. The van der Waals surface area contributed by atoms with Crippen LogP contribution >= 0.6 is 27.5 Å². The third-order valence-electron chi connectivity index (χ3n) is 2.57. The second-order valence-corrected chi connectivity index (χ2v) is 4.95. The van der Waals surface area contributed by atoms with E-state index < -0.39 is 0 Å². The van der Waals surface area contributed by atoms with Crippen molar-refractivity contribution >= 4 is 27.5 Å². The summed E-state index contributed by atoms with van der Waals surface area (Å²) < 4.78 is 8.13. The van der Waals surface area contributed by atoms with Crippen LogP contribution in [0, 0.1) is 6.92 Å². The predicted octanol–water partition coefficient (Wildman–Crippen LogP) is 3.82. The highest BCUT2D eigenvalue weighted by Gasteiger charge is 2.16. The van der Waals surface area contributed by atoms with Crippen LogP contribution in [0.25, 0.3) is 11.3 Å². The Bertz CT molecular complexity index is 566. The Balaban J connectivity index is 2.71. The molecule has 0 aliphatic carbocycles. The van der Waals surface area contributed by atoms with Gasteiger partial charge in [0.25, 0.3) is 0 Å². The topological polar surface area (TPSA) is 27.1 Å². The van der Waals surface area contributed by atoms with E-state index in [0.717, 1.165) is 27.2 Å². The molecule has 0 saturated heterocycles. The standard InChI is InChI=1S/C12H12BrClN2O/c1-7-11(13)12(16(2)15-7)9-6-8(14)4-5-10(9)17-3/h4-6H,1-3H3. The summed E-state index contributed by atoms with van der Waals surface area (Å²) >= 11 is 9.58. The monoisotopic (exact) mass is 314 g/mol. The van der Waals surface area contributed by atoms with E-state index in [1.165, 1.54) is 0 Å².